The first-order valence-electron chi connectivity index (χ1n) is 6.72. The first kappa shape index (κ1) is 14.4. The van der Waals surface area contributed by atoms with Crippen molar-refractivity contribution in [3.05, 3.63) is 60.3 Å². The van der Waals surface area contributed by atoms with Crippen LogP contribution in [0.1, 0.15) is 10.4 Å². The van der Waals surface area contributed by atoms with Crippen LogP contribution in [0.2, 0.25) is 0 Å². The molecule has 1 aromatic heterocycles. The van der Waals surface area contributed by atoms with Crippen LogP contribution in [0, 0.1) is 0 Å². The fourth-order valence-corrected chi connectivity index (χ4v) is 2.80. The molecule has 1 amide bonds. The highest BCUT2D eigenvalue weighted by Gasteiger charge is 2.15. The second-order valence-corrected chi connectivity index (χ2v) is 5.54. The number of carbonyl (C=O) groups is 1. The van der Waals surface area contributed by atoms with Crippen LogP contribution in [0.5, 0.6) is 5.75 Å². The number of phenols is 1. The van der Waals surface area contributed by atoms with Crippen molar-refractivity contribution in [3.8, 4) is 5.75 Å². The van der Waals surface area contributed by atoms with Gasteiger partial charge in [-0.15, -0.1) is 11.8 Å². The number of pyridine rings is 1. The molecule has 0 saturated carbocycles. The van der Waals surface area contributed by atoms with Gasteiger partial charge >= 0.3 is 0 Å². The zero-order valence-electron chi connectivity index (χ0n) is 11.9. The third kappa shape index (κ3) is 2.63. The van der Waals surface area contributed by atoms with Gasteiger partial charge in [0.1, 0.15) is 5.52 Å². The summed E-state index contributed by atoms with van der Waals surface area (Å²) in [6.45, 7) is 0. The summed E-state index contributed by atoms with van der Waals surface area (Å²) in [4.78, 5) is 17.5. The van der Waals surface area contributed by atoms with Gasteiger partial charge in [-0.2, -0.15) is 0 Å². The lowest BCUT2D eigenvalue weighted by Gasteiger charge is -2.11. The van der Waals surface area contributed by atoms with Crippen molar-refractivity contribution in [2.45, 2.75) is 4.90 Å². The molecule has 22 heavy (non-hydrogen) atoms. The van der Waals surface area contributed by atoms with E-state index in [4.69, 9.17) is 0 Å². The maximum absolute atomic E-state index is 12.4. The van der Waals surface area contributed by atoms with Gasteiger partial charge in [0, 0.05) is 16.5 Å². The van der Waals surface area contributed by atoms with Gasteiger partial charge in [-0.25, -0.2) is 0 Å². The molecule has 0 aliphatic heterocycles. The van der Waals surface area contributed by atoms with Gasteiger partial charge in [0.15, 0.2) is 5.75 Å². The lowest BCUT2D eigenvalue weighted by molar-refractivity contribution is 0.102. The summed E-state index contributed by atoms with van der Waals surface area (Å²) in [6.07, 6.45) is 3.54. The molecule has 3 aromatic rings. The van der Waals surface area contributed by atoms with E-state index in [1.54, 1.807) is 36.2 Å². The number of hydrogen-bond donors (Lipinski definition) is 2. The highest BCUT2D eigenvalue weighted by atomic mass is 32.2. The number of hydrogen-bond acceptors (Lipinski definition) is 4. The summed E-state index contributed by atoms with van der Waals surface area (Å²) < 4.78 is 0. The number of nitrogens with zero attached hydrogens (tertiary/aromatic N) is 1. The summed E-state index contributed by atoms with van der Waals surface area (Å²) in [5, 5.41) is 13.9. The first-order valence-corrected chi connectivity index (χ1v) is 7.94. The van der Waals surface area contributed by atoms with Crippen LogP contribution in [-0.2, 0) is 0 Å². The SMILES string of the molecule is CSc1ccccc1NC(=O)c1ccc2cccnc2c1O. The van der Waals surface area contributed by atoms with Crippen LogP contribution >= 0.6 is 11.8 Å². The number of amides is 1. The number of phenolic OH excluding ortho intramolecular Hbond substituents is 1. The van der Waals surface area contributed by atoms with E-state index in [0.29, 0.717) is 5.52 Å². The second kappa shape index (κ2) is 6.07. The fourth-order valence-electron chi connectivity index (χ4n) is 2.25. The molecule has 0 atom stereocenters. The molecule has 0 bridgehead atoms. The van der Waals surface area contributed by atoms with Crippen molar-refractivity contribution in [2.24, 2.45) is 0 Å². The predicted molar refractivity (Wildman–Crippen MR) is 89.6 cm³/mol. The standard InChI is InChI=1S/C17H14N2O2S/c1-22-14-7-3-2-6-13(14)19-17(21)12-9-8-11-5-4-10-18-15(11)16(12)20/h2-10,20H,1H3,(H,19,21). The minimum Gasteiger partial charge on any atom is -0.505 e. The monoisotopic (exact) mass is 310 g/mol. The number of anilines is 1. The summed E-state index contributed by atoms with van der Waals surface area (Å²) in [5.41, 5.74) is 1.36. The van der Waals surface area contributed by atoms with E-state index in [0.717, 1.165) is 16.0 Å². The van der Waals surface area contributed by atoms with E-state index in [-0.39, 0.29) is 17.2 Å². The Bertz CT molecular complexity index is 849. The van der Waals surface area contributed by atoms with E-state index in [1.165, 1.54) is 0 Å². The number of thioether (sulfide) groups is 1. The Kier molecular flexibility index (Phi) is 3.98. The zero-order chi connectivity index (χ0) is 15.5. The molecule has 2 N–H and O–H groups in total. The molecule has 0 aliphatic rings. The molecule has 0 aliphatic carbocycles. The fraction of sp³-hybridized carbons (Fsp3) is 0.0588. The zero-order valence-corrected chi connectivity index (χ0v) is 12.7. The summed E-state index contributed by atoms with van der Waals surface area (Å²) in [6, 6.07) is 14.6. The summed E-state index contributed by atoms with van der Waals surface area (Å²) >= 11 is 1.55. The lowest BCUT2D eigenvalue weighted by atomic mass is 10.1. The van der Waals surface area contributed by atoms with Crippen molar-refractivity contribution in [1.82, 2.24) is 4.98 Å². The topological polar surface area (TPSA) is 62.2 Å². The van der Waals surface area contributed by atoms with Gasteiger partial charge in [-0.1, -0.05) is 24.3 Å². The number of fused-ring (bicyclic) bond motifs is 1. The molecule has 0 fully saturated rings. The molecular formula is C17H14N2O2S. The van der Waals surface area contributed by atoms with E-state index < -0.39 is 0 Å². The van der Waals surface area contributed by atoms with Gasteiger partial charge in [-0.3, -0.25) is 9.78 Å². The Labute approximate surface area is 132 Å². The molecular weight excluding hydrogens is 296 g/mol. The average Bonchev–Trinajstić information content (AvgIpc) is 2.56. The van der Waals surface area contributed by atoms with Crippen molar-refractivity contribution in [2.75, 3.05) is 11.6 Å². The normalized spacial score (nSPS) is 10.6. The van der Waals surface area contributed by atoms with Crippen molar-refractivity contribution >= 4 is 34.3 Å². The minimum atomic E-state index is -0.355. The largest absolute Gasteiger partial charge is 0.505 e. The number of aromatic hydroxyl groups is 1. The van der Waals surface area contributed by atoms with Crippen molar-refractivity contribution < 1.29 is 9.90 Å². The highest BCUT2D eigenvalue weighted by molar-refractivity contribution is 7.98. The molecule has 4 nitrogen and oxygen atoms in total. The Hall–Kier alpha value is -2.53. The number of nitrogens with one attached hydrogen (secondary N) is 1. The Morgan fingerprint density at radius 1 is 1.14 bits per heavy atom. The van der Waals surface area contributed by atoms with Gasteiger partial charge in [-0.05, 0) is 30.5 Å². The van der Waals surface area contributed by atoms with Gasteiger partial charge in [0.05, 0.1) is 11.3 Å². The molecule has 5 heteroatoms. The number of aromatic nitrogens is 1. The van der Waals surface area contributed by atoms with Gasteiger partial charge in [0.2, 0.25) is 0 Å². The second-order valence-electron chi connectivity index (χ2n) is 4.69. The molecule has 1 heterocycles. The number of carbonyl (C=O) groups excluding carboxylic acids is 1. The summed E-state index contributed by atoms with van der Waals surface area (Å²) in [5.74, 6) is -0.455. The number of rotatable bonds is 3. The van der Waals surface area contributed by atoms with Crippen LogP contribution in [0.15, 0.2) is 59.6 Å². The van der Waals surface area contributed by atoms with Crippen LogP contribution in [0.3, 0.4) is 0 Å². The van der Waals surface area contributed by atoms with Crippen molar-refractivity contribution in [1.29, 1.82) is 0 Å². The first-order chi connectivity index (χ1) is 10.7. The Balaban J connectivity index is 1.97. The molecule has 0 unspecified atom stereocenters. The smallest absolute Gasteiger partial charge is 0.259 e. The van der Waals surface area contributed by atoms with Gasteiger partial charge < -0.3 is 10.4 Å². The van der Waals surface area contributed by atoms with E-state index in [9.17, 15) is 9.90 Å². The third-order valence-electron chi connectivity index (χ3n) is 3.35. The van der Waals surface area contributed by atoms with Crippen molar-refractivity contribution in [3.63, 3.8) is 0 Å². The number of benzene rings is 2. The molecule has 110 valence electrons. The summed E-state index contributed by atoms with van der Waals surface area (Å²) in [7, 11) is 0. The maximum atomic E-state index is 12.4. The van der Waals surface area contributed by atoms with Crippen LogP contribution in [0.25, 0.3) is 10.9 Å². The van der Waals surface area contributed by atoms with Crippen LogP contribution in [-0.4, -0.2) is 22.3 Å². The van der Waals surface area contributed by atoms with Gasteiger partial charge in [0.25, 0.3) is 5.91 Å². The van der Waals surface area contributed by atoms with E-state index >= 15 is 0 Å². The quantitative estimate of drug-likeness (QED) is 0.720. The molecule has 0 radical (unpaired) electrons. The predicted octanol–water partition coefficient (Wildman–Crippen LogP) is 3.91. The maximum Gasteiger partial charge on any atom is 0.259 e. The minimum absolute atomic E-state index is 0.0998. The molecule has 0 spiro atoms. The Morgan fingerprint density at radius 2 is 1.95 bits per heavy atom. The number of para-hydroxylation sites is 1. The lowest BCUT2D eigenvalue weighted by Crippen LogP contribution is -2.12. The van der Waals surface area contributed by atoms with E-state index in [1.807, 2.05) is 36.6 Å². The molecule has 2 aromatic carbocycles. The van der Waals surface area contributed by atoms with Crippen LogP contribution in [0.4, 0.5) is 5.69 Å². The third-order valence-corrected chi connectivity index (χ3v) is 4.14. The van der Waals surface area contributed by atoms with Crippen LogP contribution < -0.4 is 5.32 Å². The molecule has 3 rings (SSSR count). The van der Waals surface area contributed by atoms with E-state index in [2.05, 4.69) is 10.3 Å². The highest BCUT2D eigenvalue weighted by Crippen LogP contribution is 2.29. The Morgan fingerprint density at radius 3 is 2.77 bits per heavy atom. The molecule has 0 saturated heterocycles. The average molecular weight is 310 g/mol.